The second kappa shape index (κ2) is 9.73. The molecule has 0 aromatic carbocycles. The monoisotopic (exact) mass is 239 g/mol. The molecule has 1 unspecified atom stereocenters. The molecule has 0 amide bonds. The van der Waals surface area contributed by atoms with Crippen LogP contribution in [0, 0.1) is 0 Å². The third-order valence-corrected chi connectivity index (χ3v) is 1.83. The Morgan fingerprint density at radius 3 is 2.33 bits per heavy atom. The fourth-order valence-corrected chi connectivity index (χ4v) is 1.12. The lowest BCUT2D eigenvalue weighted by Crippen LogP contribution is -2.37. The van der Waals surface area contributed by atoms with E-state index >= 15 is 0 Å². The summed E-state index contributed by atoms with van der Waals surface area (Å²) in [7, 11) is 0. The van der Waals surface area contributed by atoms with Crippen molar-refractivity contribution in [1.29, 1.82) is 0 Å². The Morgan fingerprint density at radius 1 is 1.33 bits per heavy atom. The molecule has 0 radical (unpaired) electrons. The normalized spacial score (nSPS) is 11.5. The van der Waals surface area contributed by atoms with Gasteiger partial charge in [0.25, 0.3) is 0 Å². The highest BCUT2D eigenvalue weighted by atomic mass is 35.5. The predicted molar refractivity (Wildman–Crippen MR) is 58.5 cm³/mol. The Hall–Kier alpha value is -0.810. The van der Waals surface area contributed by atoms with Crippen LogP contribution in [-0.2, 0) is 9.59 Å². The second-order valence-electron chi connectivity index (χ2n) is 3.13. The number of rotatable bonds is 8. The SMILES string of the molecule is CCCC(NCCCC(=O)O)C(=O)O.Cl. The summed E-state index contributed by atoms with van der Waals surface area (Å²) in [5.74, 6) is -1.73. The summed E-state index contributed by atoms with van der Waals surface area (Å²) in [4.78, 5) is 20.8. The van der Waals surface area contributed by atoms with E-state index in [1.54, 1.807) is 0 Å². The van der Waals surface area contributed by atoms with Crippen LogP contribution in [0.15, 0.2) is 0 Å². The van der Waals surface area contributed by atoms with Crippen molar-refractivity contribution < 1.29 is 19.8 Å². The molecule has 0 aliphatic carbocycles. The molecule has 5 nitrogen and oxygen atoms in total. The molecule has 1 atom stereocenters. The first-order chi connectivity index (χ1) is 6.57. The van der Waals surface area contributed by atoms with Crippen LogP contribution in [0.2, 0.25) is 0 Å². The first-order valence-corrected chi connectivity index (χ1v) is 4.76. The van der Waals surface area contributed by atoms with E-state index in [1.165, 1.54) is 0 Å². The zero-order valence-corrected chi connectivity index (χ0v) is 9.55. The van der Waals surface area contributed by atoms with Gasteiger partial charge in [0.1, 0.15) is 6.04 Å². The Bertz CT molecular complexity index is 199. The molecule has 0 heterocycles. The van der Waals surface area contributed by atoms with Crippen molar-refractivity contribution >= 4 is 24.3 Å². The van der Waals surface area contributed by atoms with Gasteiger partial charge in [0, 0.05) is 6.42 Å². The van der Waals surface area contributed by atoms with Gasteiger partial charge < -0.3 is 15.5 Å². The molecule has 15 heavy (non-hydrogen) atoms. The lowest BCUT2D eigenvalue weighted by molar-refractivity contribution is -0.139. The molecule has 0 aliphatic heterocycles. The number of hydrogen-bond acceptors (Lipinski definition) is 3. The highest BCUT2D eigenvalue weighted by molar-refractivity contribution is 5.85. The average molecular weight is 240 g/mol. The minimum absolute atomic E-state index is 0. The van der Waals surface area contributed by atoms with Crippen LogP contribution in [0.4, 0.5) is 0 Å². The molecular weight excluding hydrogens is 222 g/mol. The number of carbonyl (C=O) groups is 2. The van der Waals surface area contributed by atoms with E-state index in [1.807, 2.05) is 6.92 Å². The summed E-state index contributed by atoms with van der Waals surface area (Å²) in [5, 5.41) is 19.9. The first-order valence-electron chi connectivity index (χ1n) is 4.76. The summed E-state index contributed by atoms with van der Waals surface area (Å²) in [6.45, 7) is 2.35. The van der Waals surface area contributed by atoms with Crippen LogP contribution < -0.4 is 5.32 Å². The minimum Gasteiger partial charge on any atom is -0.481 e. The third-order valence-electron chi connectivity index (χ3n) is 1.83. The van der Waals surface area contributed by atoms with Gasteiger partial charge in [-0.2, -0.15) is 0 Å². The second-order valence-corrected chi connectivity index (χ2v) is 3.13. The van der Waals surface area contributed by atoms with E-state index in [4.69, 9.17) is 10.2 Å². The number of halogens is 1. The molecule has 0 aliphatic rings. The molecule has 6 heteroatoms. The van der Waals surface area contributed by atoms with Crippen molar-refractivity contribution in [3.05, 3.63) is 0 Å². The van der Waals surface area contributed by atoms with Crippen molar-refractivity contribution in [2.24, 2.45) is 0 Å². The Labute approximate surface area is 95.3 Å². The van der Waals surface area contributed by atoms with E-state index < -0.39 is 18.0 Å². The molecule has 0 bridgehead atoms. The first kappa shape index (κ1) is 16.6. The van der Waals surface area contributed by atoms with Crippen molar-refractivity contribution in [2.75, 3.05) is 6.54 Å². The summed E-state index contributed by atoms with van der Waals surface area (Å²) < 4.78 is 0. The number of hydrogen-bond donors (Lipinski definition) is 3. The van der Waals surface area contributed by atoms with Crippen LogP contribution >= 0.6 is 12.4 Å². The van der Waals surface area contributed by atoms with Crippen molar-refractivity contribution in [3.8, 4) is 0 Å². The maximum atomic E-state index is 10.6. The molecule has 3 N–H and O–H groups in total. The molecule has 0 spiro atoms. The molecule has 90 valence electrons. The van der Waals surface area contributed by atoms with E-state index in [2.05, 4.69) is 5.32 Å². The summed E-state index contributed by atoms with van der Waals surface area (Å²) in [6.07, 6.45) is 1.90. The van der Waals surface area contributed by atoms with Gasteiger partial charge in [0.05, 0.1) is 0 Å². The Morgan fingerprint density at radius 2 is 1.93 bits per heavy atom. The number of aliphatic carboxylic acids is 2. The predicted octanol–water partition coefficient (Wildman–Crippen LogP) is 1.12. The number of nitrogens with one attached hydrogen (secondary N) is 1. The van der Waals surface area contributed by atoms with Crippen LogP contribution in [-0.4, -0.2) is 34.7 Å². The fourth-order valence-electron chi connectivity index (χ4n) is 1.12. The molecular formula is C9H18ClNO4. The summed E-state index contributed by atoms with van der Waals surface area (Å²) >= 11 is 0. The van der Waals surface area contributed by atoms with Gasteiger partial charge in [-0.3, -0.25) is 9.59 Å². The zero-order chi connectivity index (χ0) is 11.0. The number of carboxylic acid groups (broad SMARTS) is 2. The van der Waals surface area contributed by atoms with Crippen LogP contribution in [0.5, 0.6) is 0 Å². The van der Waals surface area contributed by atoms with Gasteiger partial charge in [-0.1, -0.05) is 13.3 Å². The average Bonchev–Trinajstić information content (AvgIpc) is 2.09. The number of carboxylic acids is 2. The van der Waals surface area contributed by atoms with Gasteiger partial charge in [-0.15, -0.1) is 12.4 Å². The summed E-state index contributed by atoms with van der Waals surface area (Å²) in [6, 6.07) is -0.547. The largest absolute Gasteiger partial charge is 0.481 e. The lowest BCUT2D eigenvalue weighted by Gasteiger charge is -2.12. The van der Waals surface area contributed by atoms with Crippen LogP contribution in [0.1, 0.15) is 32.6 Å². The quantitative estimate of drug-likeness (QED) is 0.553. The molecule has 0 aromatic rings. The smallest absolute Gasteiger partial charge is 0.320 e. The van der Waals surface area contributed by atoms with E-state index in [-0.39, 0.29) is 18.8 Å². The topological polar surface area (TPSA) is 86.6 Å². The Kier molecular flexibility index (Phi) is 10.8. The van der Waals surface area contributed by atoms with Gasteiger partial charge in [-0.05, 0) is 19.4 Å². The van der Waals surface area contributed by atoms with Crippen molar-refractivity contribution in [1.82, 2.24) is 5.32 Å². The maximum Gasteiger partial charge on any atom is 0.320 e. The van der Waals surface area contributed by atoms with Gasteiger partial charge >= 0.3 is 11.9 Å². The third kappa shape index (κ3) is 9.49. The molecule has 0 saturated heterocycles. The van der Waals surface area contributed by atoms with Gasteiger partial charge in [0.15, 0.2) is 0 Å². The molecule has 0 fully saturated rings. The highest BCUT2D eigenvalue weighted by Gasteiger charge is 2.14. The molecule has 0 saturated carbocycles. The van der Waals surface area contributed by atoms with Crippen molar-refractivity contribution in [2.45, 2.75) is 38.6 Å². The van der Waals surface area contributed by atoms with Gasteiger partial charge in [0.2, 0.25) is 0 Å². The maximum absolute atomic E-state index is 10.6. The van der Waals surface area contributed by atoms with Gasteiger partial charge in [-0.25, -0.2) is 0 Å². The lowest BCUT2D eigenvalue weighted by atomic mass is 10.1. The van der Waals surface area contributed by atoms with E-state index in [0.29, 0.717) is 19.4 Å². The molecule has 0 aromatic heterocycles. The summed E-state index contributed by atoms with van der Waals surface area (Å²) in [5.41, 5.74) is 0. The van der Waals surface area contributed by atoms with E-state index in [0.717, 1.165) is 6.42 Å². The minimum atomic E-state index is -0.873. The zero-order valence-electron chi connectivity index (χ0n) is 8.73. The highest BCUT2D eigenvalue weighted by Crippen LogP contribution is 1.97. The van der Waals surface area contributed by atoms with E-state index in [9.17, 15) is 9.59 Å². The fraction of sp³-hybridized carbons (Fsp3) is 0.778. The van der Waals surface area contributed by atoms with Crippen LogP contribution in [0.25, 0.3) is 0 Å². The standard InChI is InChI=1S/C9H17NO4.ClH/c1-2-4-7(9(13)14)10-6-3-5-8(11)12;/h7,10H,2-6H2,1H3,(H,11,12)(H,13,14);1H. The van der Waals surface area contributed by atoms with Crippen molar-refractivity contribution in [3.63, 3.8) is 0 Å². The Balaban J connectivity index is 0. The van der Waals surface area contributed by atoms with Crippen LogP contribution in [0.3, 0.4) is 0 Å². The molecule has 0 rings (SSSR count).